The predicted molar refractivity (Wildman–Crippen MR) is 116 cm³/mol. The summed E-state index contributed by atoms with van der Waals surface area (Å²) >= 11 is 1.85. The van der Waals surface area contributed by atoms with Crippen LogP contribution in [-0.2, 0) is 6.42 Å². The van der Waals surface area contributed by atoms with E-state index in [9.17, 15) is 0 Å². The lowest BCUT2D eigenvalue weighted by Crippen LogP contribution is -2.09. The van der Waals surface area contributed by atoms with Gasteiger partial charge in [-0.15, -0.1) is 0 Å². The number of hydrogen-bond donors (Lipinski definition) is 2. The van der Waals surface area contributed by atoms with Crippen LogP contribution in [0.2, 0.25) is 0 Å². The number of anilines is 2. The third kappa shape index (κ3) is 3.83. The number of fused-ring (bicyclic) bond motifs is 2. The van der Waals surface area contributed by atoms with Crippen molar-refractivity contribution in [3.05, 3.63) is 59.7 Å². The van der Waals surface area contributed by atoms with Crippen LogP contribution < -0.4 is 15.4 Å². The van der Waals surface area contributed by atoms with Gasteiger partial charge in [-0.25, -0.2) is 4.98 Å². The monoisotopic (exact) mass is 379 g/mol. The summed E-state index contributed by atoms with van der Waals surface area (Å²) in [4.78, 5) is 4.86. The molecule has 1 atom stereocenters. The summed E-state index contributed by atoms with van der Waals surface area (Å²) in [6.45, 7) is 0.959. The molecule has 27 heavy (non-hydrogen) atoms. The maximum atomic E-state index is 5.40. The summed E-state index contributed by atoms with van der Waals surface area (Å²) in [7, 11) is 1.72. The number of pyridine rings is 1. The van der Waals surface area contributed by atoms with E-state index in [4.69, 9.17) is 9.72 Å². The zero-order valence-corrected chi connectivity index (χ0v) is 16.6. The number of hydrogen-bond acceptors (Lipinski definition) is 5. The molecule has 1 unspecified atom stereocenters. The maximum absolute atomic E-state index is 5.40. The van der Waals surface area contributed by atoms with Crippen molar-refractivity contribution in [2.75, 3.05) is 36.3 Å². The van der Waals surface area contributed by atoms with Gasteiger partial charge < -0.3 is 15.4 Å². The van der Waals surface area contributed by atoms with Gasteiger partial charge in [-0.05, 0) is 66.6 Å². The normalized spacial score (nSPS) is 15.6. The average Bonchev–Trinajstić information content (AvgIpc) is 3.10. The molecule has 1 aromatic heterocycles. The summed E-state index contributed by atoms with van der Waals surface area (Å²) in [5, 5.41) is 8.30. The van der Waals surface area contributed by atoms with Gasteiger partial charge in [-0.1, -0.05) is 12.1 Å². The fourth-order valence-electron chi connectivity index (χ4n) is 3.71. The smallest absolute Gasteiger partial charge is 0.127 e. The van der Waals surface area contributed by atoms with E-state index in [1.165, 1.54) is 11.1 Å². The molecule has 0 aliphatic heterocycles. The van der Waals surface area contributed by atoms with Gasteiger partial charge in [0.25, 0.3) is 0 Å². The number of thioether (sulfide) groups is 1. The molecule has 4 nitrogen and oxygen atoms in total. The molecule has 5 heteroatoms. The molecular weight excluding hydrogens is 354 g/mol. The second kappa shape index (κ2) is 8.09. The zero-order chi connectivity index (χ0) is 18.6. The van der Waals surface area contributed by atoms with Crippen LogP contribution in [0.4, 0.5) is 11.5 Å². The molecule has 0 bridgehead atoms. The summed E-state index contributed by atoms with van der Waals surface area (Å²) in [5.41, 5.74) is 4.88. The second-order valence-electron chi connectivity index (χ2n) is 6.79. The molecule has 4 rings (SSSR count). The molecular formula is C22H25N3OS. The highest BCUT2D eigenvalue weighted by Crippen LogP contribution is 2.36. The molecule has 140 valence electrons. The van der Waals surface area contributed by atoms with Crippen molar-refractivity contribution < 1.29 is 4.74 Å². The summed E-state index contributed by atoms with van der Waals surface area (Å²) in [6, 6.07) is 17.2. The van der Waals surface area contributed by atoms with Crippen molar-refractivity contribution >= 4 is 34.2 Å². The van der Waals surface area contributed by atoms with Gasteiger partial charge in [0, 0.05) is 23.4 Å². The minimum absolute atomic E-state index is 0.280. The molecule has 0 amide bonds. The van der Waals surface area contributed by atoms with Crippen LogP contribution >= 0.6 is 11.8 Å². The molecule has 2 aromatic carbocycles. The lowest BCUT2D eigenvalue weighted by Gasteiger charge is -2.16. The maximum Gasteiger partial charge on any atom is 0.127 e. The number of methoxy groups -OCH3 is 1. The molecule has 0 spiro atoms. The standard InChI is InChI=1S/C22H25N3OS/c1-26-16-8-6-15-7-10-21(18(15)14-16)25-22-11-9-17-19(23-12-13-27-2)4-3-5-20(17)24-22/h3-6,8-9,11,14,21,23H,7,10,12-13H2,1-2H3,(H,24,25). The Kier molecular flexibility index (Phi) is 5.39. The van der Waals surface area contributed by atoms with Crippen LogP contribution in [0.25, 0.3) is 10.9 Å². The Labute approximate surface area is 164 Å². The Bertz CT molecular complexity index is 944. The van der Waals surface area contributed by atoms with Crippen molar-refractivity contribution in [2.45, 2.75) is 18.9 Å². The number of nitrogens with one attached hydrogen (secondary N) is 2. The summed E-state index contributed by atoms with van der Waals surface area (Å²) in [5.74, 6) is 2.92. The minimum Gasteiger partial charge on any atom is -0.497 e. The Morgan fingerprint density at radius 2 is 2.11 bits per heavy atom. The van der Waals surface area contributed by atoms with Crippen molar-refractivity contribution in [2.24, 2.45) is 0 Å². The Balaban J connectivity index is 1.56. The number of aryl methyl sites for hydroxylation is 1. The van der Waals surface area contributed by atoms with Gasteiger partial charge in [-0.3, -0.25) is 0 Å². The molecule has 1 aliphatic rings. The molecule has 0 saturated heterocycles. The number of nitrogens with zero attached hydrogens (tertiary/aromatic N) is 1. The Hall–Kier alpha value is -2.40. The molecule has 0 saturated carbocycles. The fraction of sp³-hybridized carbons (Fsp3) is 0.318. The van der Waals surface area contributed by atoms with E-state index < -0.39 is 0 Å². The predicted octanol–water partition coefficient (Wildman–Crippen LogP) is 5.12. The van der Waals surface area contributed by atoms with E-state index in [1.54, 1.807) is 7.11 Å². The number of ether oxygens (including phenoxy) is 1. The van der Waals surface area contributed by atoms with Gasteiger partial charge >= 0.3 is 0 Å². The quantitative estimate of drug-likeness (QED) is 0.558. The van der Waals surface area contributed by atoms with Gasteiger partial charge in [0.05, 0.1) is 18.7 Å². The van der Waals surface area contributed by atoms with E-state index in [2.05, 4.69) is 59.4 Å². The van der Waals surface area contributed by atoms with Crippen LogP contribution in [0, 0.1) is 0 Å². The van der Waals surface area contributed by atoms with Crippen molar-refractivity contribution in [1.29, 1.82) is 0 Å². The number of rotatable bonds is 7. The second-order valence-corrected chi connectivity index (χ2v) is 7.77. The highest BCUT2D eigenvalue weighted by atomic mass is 32.2. The van der Waals surface area contributed by atoms with Crippen molar-refractivity contribution in [3.8, 4) is 5.75 Å². The lowest BCUT2D eigenvalue weighted by molar-refractivity contribution is 0.414. The van der Waals surface area contributed by atoms with E-state index in [1.807, 2.05) is 17.8 Å². The van der Waals surface area contributed by atoms with Crippen LogP contribution in [0.1, 0.15) is 23.6 Å². The average molecular weight is 380 g/mol. The van der Waals surface area contributed by atoms with Crippen LogP contribution in [0.5, 0.6) is 5.75 Å². The molecule has 0 radical (unpaired) electrons. The van der Waals surface area contributed by atoms with E-state index in [0.717, 1.165) is 53.3 Å². The Morgan fingerprint density at radius 3 is 2.96 bits per heavy atom. The third-order valence-electron chi connectivity index (χ3n) is 5.11. The topological polar surface area (TPSA) is 46.2 Å². The third-order valence-corrected chi connectivity index (χ3v) is 5.72. The van der Waals surface area contributed by atoms with E-state index in [-0.39, 0.29) is 6.04 Å². The number of aromatic nitrogens is 1. The van der Waals surface area contributed by atoms with Gasteiger partial charge in [0.2, 0.25) is 0 Å². The van der Waals surface area contributed by atoms with Gasteiger partial charge in [0.1, 0.15) is 11.6 Å². The highest BCUT2D eigenvalue weighted by molar-refractivity contribution is 7.98. The first kappa shape index (κ1) is 18.0. The summed E-state index contributed by atoms with van der Waals surface area (Å²) < 4.78 is 5.40. The fourth-order valence-corrected chi connectivity index (χ4v) is 4.02. The van der Waals surface area contributed by atoms with Crippen molar-refractivity contribution in [1.82, 2.24) is 4.98 Å². The van der Waals surface area contributed by atoms with Crippen LogP contribution in [-0.4, -0.2) is 30.6 Å². The van der Waals surface area contributed by atoms with Crippen molar-refractivity contribution in [3.63, 3.8) is 0 Å². The van der Waals surface area contributed by atoms with Crippen LogP contribution in [0.15, 0.2) is 48.5 Å². The highest BCUT2D eigenvalue weighted by Gasteiger charge is 2.23. The van der Waals surface area contributed by atoms with Gasteiger partial charge in [0.15, 0.2) is 0 Å². The molecule has 2 N–H and O–H groups in total. The largest absolute Gasteiger partial charge is 0.497 e. The molecule has 1 aliphatic carbocycles. The summed E-state index contributed by atoms with van der Waals surface area (Å²) in [6.07, 6.45) is 4.30. The number of benzene rings is 2. The van der Waals surface area contributed by atoms with Gasteiger partial charge in [-0.2, -0.15) is 11.8 Å². The molecule has 0 fully saturated rings. The van der Waals surface area contributed by atoms with E-state index >= 15 is 0 Å². The van der Waals surface area contributed by atoms with E-state index in [0.29, 0.717) is 0 Å². The first-order valence-electron chi connectivity index (χ1n) is 9.34. The first-order chi connectivity index (χ1) is 13.3. The lowest BCUT2D eigenvalue weighted by atomic mass is 10.1. The molecule has 1 heterocycles. The minimum atomic E-state index is 0.280. The SMILES string of the molecule is COc1ccc2c(c1)C(Nc1ccc3c(NCCSC)cccc3n1)CC2. The molecule has 3 aromatic rings. The first-order valence-corrected chi connectivity index (χ1v) is 10.7. The van der Waals surface area contributed by atoms with Crippen LogP contribution in [0.3, 0.4) is 0 Å². The Morgan fingerprint density at radius 1 is 1.19 bits per heavy atom. The zero-order valence-electron chi connectivity index (χ0n) is 15.8.